The summed E-state index contributed by atoms with van der Waals surface area (Å²) < 4.78 is 93.0. The Kier molecular flexibility index (Phi) is 7.82. The molecule has 0 bridgehead atoms. The number of halogens is 6. The van der Waals surface area contributed by atoms with Crippen molar-refractivity contribution in [1.82, 2.24) is 14.8 Å². The number of carbonyl (C=O) groups excluding carboxylic acids is 1. The zero-order valence-corrected chi connectivity index (χ0v) is 22.1. The molecule has 0 aliphatic heterocycles. The van der Waals surface area contributed by atoms with Gasteiger partial charge in [-0.15, -0.1) is 0 Å². The highest BCUT2D eigenvalue weighted by Crippen LogP contribution is 2.40. The first-order chi connectivity index (χ1) is 18.1. The normalized spacial score (nSPS) is 13.1. The van der Waals surface area contributed by atoms with Crippen LogP contribution in [0.4, 0.5) is 22.0 Å². The summed E-state index contributed by atoms with van der Waals surface area (Å²) >= 11 is 6.42. The minimum atomic E-state index is -5.13. The fourth-order valence-electron chi connectivity index (χ4n) is 4.61. The molecule has 0 unspecified atom stereocenters. The second kappa shape index (κ2) is 10.6. The maximum absolute atomic E-state index is 13.9. The maximum Gasteiger partial charge on any atom is 0.449 e. The number of hydrogen-bond donors (Lipinski definition) is 0. The molecule has 0 spiro atoms. The summed E-state index contributed by atoms with van der Waals surface area (Å²) in [5, 5.41) is 4.86. The molecule has 13 heteroatoms. The SMILES string of the molecule is Cn1nc(CS(C)(=O)=O)c2c(Cl)ccc(-c3cccnc3[C@@H](CC(=O)C(F)(F)F)Cc3cc(F)cc(F)c3)c21. The van der Waals surface area contributed by atoms with Gasteiger partial charge in [-0.2, -0.15) is 18.3 Å². The van der Waals surface area contributed by atoms with Gasteiger partial charge in [0.05, 0.1) is 27.7 Å². The van der Waals surface area contributed by atoms with Crippen LogP contribution in [0.2, 0.25) is 5.02 Å². The highest BCUT2D eigenvalue weighted by Gasteiger charge is 2.40. The van der Waals surface area contributed by atoms with Gasteiger partial charge in [-0.1, -0.05) is 23.7 Å². The van der Waals surface area contributed by atoms with E-state index in [-0.39, 0.29) is 28.4 Å². The number of nitrogens with zero attached hydrogens (tertiary/aromatic N) is 3. The molecule has 0 aliphatic carbocycles. The summed E-state index contributed by atoms with van der Waals surface area (Å²) in [5.41, 5.74) is 1.45. The standard InChI is InChI=1S/C26H21ClF5N3O3S/c1-35-25-19(5-6-20(27)23(25)21(34-35)13-39(2,37)38)18-4-3-7-33-24(18)15(11-22(36)26(30,31)32)8-14-9-16(28)12-17(29)10-14/h3-7,9-10,12,15H,8,11,13H2,1-2H3/t15-/m1/s1. The van der Waals surface area contributed by atoms with Crippen molar-refractivity contribution in [3.05, 3.63) is 82.3 Å². The van der Waals surface area contributed by atoms with E-state index in [1.54, 1.807) is 19.2 Å². The van der Waals surface area contributed by atoms with Crippen molar-refractivity contribution in [2.75, 3.05) is 6.26 Å². The molecule has 0 saturated carbocycles. The zero-order valence-electron chi connectivity index (χ0n) is 20.6. The number of carbonyl (C=O) groups is 1. The van der Waals surface area contributed by atoms with Gasteiger partial charge >= 0.3 is 6.18 Å². The molecular formula is C26H21ClF5N3O3S. The molecule has 0 fully saturated rings. The van der Waals surface area contributed by atoms with Gasteiger partial charge < -0.3 is 0 Å². The summed E-state index contributed by atoms with van der Waals surface area (Å²) in [7, 11) is -1.93. The Hall–Kier alpha value is -3.38. The largest absolute Gasteiger partial charge is 0.449 e. The van der Waals surface area contributed by atoms with Crippen LogP contribution in [-0.4, -0.2) is 41.4 Å². The van der Waals surface area contributed by atoms with Crippen LogP contribution in [0.15, 0.2) is 48.7 Å². The highest BCUT2D eigenvalue weighted by molar-refractivity contribution is 7.89. The smallest absolute Gasteiger partial charge is 0.290 e. The second-order valence-electron chi connectivity index (χ2n) is 9.20. The number of sulfone groups is 1. The van der Waals surface area contributed by atoms with Crippen LogP contribution < -0.4 is 0 Å². The van der Waals surface area contributed by atoms with Crippen LogP contribution in [0.1, 0.15) is 29.3 Å². The number of Topliss-reactive ketones (excluding diaryl/α,β-unsaturated/α-hetero) is 1. The highest BCUT2D eigenvalue weighted by atomic mass is 35.5. The lowest BCUT2D eigenvalue weighted by atomic mass is 9.86. The van der Waals surface area contributed by atoms with Gasteiger partial charge in [-0.25, -0.2) is 17.2 Å². The van der Waals surface area contributed by atoms with E-state index >= 15 is 0 Å². The van der Waals surface area contributed by atoms with E-state index in [9.17, 15) is 35.2 Å². The van der Waals surface area contributed by atoms with Crippen LogP contribution in [-0.2, 0) is 33.9 Å². The van der Waals surface area contributed by atoms with E-state index in [1.165, 1.54) is 23.0 Å². The second-order valence-corrected chi connectivity index (χ2v) is 11.7. The number of pyridine rings is 1. The molecule has 0 aliphatic rings. The number of alkyl halides is 3. The van der Waals surface area contributed by atoms with Gasteiger partial charge in [0.15, 0.2) is 9.84 Å². The third kappa shape index (κ3) is 6.44. The Balaban J connectivity index is 1.92. The van der Waals surface area contributed by atoms with Crippen molar-refractivity contribution >= 4 is 38.1 Å². The molecule has 2 aromatic heterocycles. The number of rotatable bonds is 8. The Labute approximate surface area is 225 Å². The number of aromatic nitrogens is 3. The molecule has 6 nitrogen and oxygen atoms in total. The van der Waals surface area contributed by atoms with Crippen molar-refractivity contribution in [1.29, 1.82) is 0 Å². The predicted octanol–water partition coefficient (Wildman–Crippen LogP) is 5.96. The molecule has 0 N–H and O–H groups in total. The van der Waals surface area contributed by atoms with Crippen molar-refractivity contribution in [2.45, 2.75) is 30.7 Å². The Morgan fingerprint density at radius 1 is 1.08 bits per heavy atom. The van der Waals surface area contributed by atoms with Gasteiger partial charge in [0.1, 0.15) is 11.6 Å². The molecular weight excluding hydrogens is 565 g/mol. The minimum absolute atomic E-state index is 0.0429. The molecule has 4 rings (SSSR count). The Morgan fingerprint density at radius 3 is 2.36 bits per heavy atom. The van der Waals surface area contributed by atoms with Crippen LogP contribution in [0.3, 0.4) is 0 Å². The summed E-state index contributed by atoms with van der Waals surface area (Å²) in [6, 6.07) is 8.80. The molecule has 0 radical (unpaired) electrons. The summed E-state index contributed by atoms with van der Waals surface area (Å²) in [4.78, 5) is 16.4. The lowest BCUT2D eigenvalue weighted by molar-refractivity contribution is -0.171. The van der Waals surface area contributed by atoms with E-state index in [0.717, 1.165) is 18.4 Å². The first kappa shape index (κ1) is 28.6. The lowest BCUT2D eigenvalue weighted by Crippen LogP contribution is -2.26. The average molecular weight is 586 g/mol. The van der Waals surface area contributed by atoms with Crippen LogP contribution in [0, 0.1) is 11.6 Å². The van der Waals surface area contributed by atoms with Crippen molar-refractivity contribution in [3.63, 3.8) is 0 Å². The van der Waals surface area contributed by atoms with E-state index < -0.39 is 51.5 Å². The van der Waals surface area contributed by atoms with E-state index in [1.807, 2.05) is 0 Å². The van der Waals surface area contributed by atoms with E-state index in [0.29, 0.717) is 28.1 Å². The third-order valence-electron chi connectivity index (χ3n) is 6.08. The van der Waals surface area contributed by atoms with Crippen molar-refractivity contribution in [2.24, 2.45) is 7.05 Å². The van der Waals surface area contributed by atoms with Gasteiger partial charge in [0.25, 0.3) is 0 Å². The fraction of sp³-hybridized carbons (Fsp3) is 0.269. The van der Waals surface area contributed by atoms with Crippen LogP contribution in [0.25, 0.3) is 22.0 Å². The molecule has 206 valence electrons. The predicted molar refractivity (Wildman–Crippen MR) is 136 cm³/mol. The fourth-order valence-corrected chi connectivity index (χ4v) is 5.57. The van der Waals surface area contributed by atoms with Gasteiger partial charge in [0, 0.05) is 54.4 Å². The topological polar surface area (TPSA) is 81.9 Å². The molecule has 4 aromatic rings. The summed E-state index contributed by atoms with van der Waals surface area (Å²) in [6.45, 7) is 0. The molecule has 39 heavy (non-hydrogen) atoms. The average Bonchev–Trinajstić information content (AvgIpc) is 3.12. The summed E-state index contributed by atoms with van der Waals surface area (Å²) in [6.07, 6.45) is -4.09. The Morgan fingerprint density at radius 2 is 1.74 bits per heavy atom. The zero-order chi connectivity index (χ0) is 28.7. The van der Waals surface area contributed by atoms with E-state index in [2.05, 4.69) is 10.1 Å². The third-order valence-corrected chi connectivity index (χ3v) is 7.19. The molecule has 2 heterocycles. The molecule has 2 aromatic carbocycles. The van der Waals surface area contributed by atoms with E-state index in [4.69, 9.17) is 11.6 Å². The number of aryl methyl sites for hydroxylation is 1. The van der Waals surface area contributed by atoms with Gasteiger partial charge in [-0.05, 0) is 36.2 Å². The number of ketones is 1. The number of fused-ring (bicyclic) bond motifs is 1. The first-order valence-corrected chi connectivity index (χ1v) is 13.9. The van der Waals surface area contributed by atoms with Gasteiger partial charge in [-0.3, -0.25) is 14.5 Å². The Bertz CT molecular complexity index is 1670. The molecule has 0 amide bonds. The molecule has 0 saturated heterocycles. The summed E-state index contributed by atoms with van der Waals surface area (Å²) in [5.74, 6) is -5.47. The maximum atomic E-state index is 13.9. The monoisotopic (exact) mass is 585 g/mol. The van der Waals surface area contributed by atoms with Gasteiger partial charge in [0.2, 0.25) is 5.78 Å². The number of hydrogen-bond acceptors (Lipinski definition) is 5. The van der Waals surface area contributed by atoms with Crippen molar-refractivity contribution < 1.29 is 35.2 Å². The van der Waals surface area contributed by atoms with Crippen LogP contribution >= 0.6 is 11.6 Å². The first-order valence-electron chi connectivity index (χ1n) is 11.5. The van der Waals surface area contributed by atoms with Crippen LogP contribution in [0.5, 0.6) is 0 Å². The number of benzene rings is 2. The minimum Gasteiger partial charge on any atom is -0.290 e. The van der Waals surface area contributed by atoms with Crippen molar-refractivity contribution in [3.8, 4) is 11.1 Å². The molecule has 1 atom stereocenters. The lowest BCUT2D eigenvalue weighted by Gasteiger charge is -2.21. The quantitative estimate of drug-likeness (QED) is 0.238.